The molecule has 25 heavy (non-hydrogen) atoms. The van der Waals surface area contributed by atoms with Crippen molar-refractivity contribution in [2.24, 2.45) is 0 Å². The van der Waals surface area contributed by atoms with E-state index in [2.05, 4.69) is 26.6 Å². The second-order valence-electron chi connectivity index (χ2n) is 7.25. The van der Waals surface area contributed by atoms with E-state index in [9.17, 15) is 5.11 Å². The van der Waals surface area contributed by atoms with Crippen molar-refractivity contribution in [3.05, 3.63) is 0 Å². The van der Waals surface area contributed by atoms with Gasteiger partial charge in [0.1, 0.15) is 12.6 Å². The van der Waals surface area contributed by atoms with Crippen molar-refractivity contribution in [1.29, 1.82) is 0 Å². The molecule has 0 radical (unpaired) electrons. The summed E-state index contributed by atoms with van der Waals surface area (Å²) in [6, 6.07) is 0.418. The van der Waals surface area contributed by atoms with Gasteiger partial charge in [0.2, 0.25) is 0 Å². The molecular weight excluding hydrogens is 322 g/mol. The van der Waals surface area contributed by atoms with E-state index in [0.717, 1.165) is 45.3 Å². The summed E-state index contributed by atoms with van der Waals surface area (Å²) in [5.74, 6) is 0. The third-order valence-electron chi connectivity index (χ3n) is 5.24. The van der Waals surface area contributed by atoms with Gasteiger partial charge in [-0.3, -0.25) is 26.6 Å². The average molecular weight is 357 g/mol. The quantitative estimate of drug-likeness (QED) is 0.353. The molecule has 8 nitrogen and oxygen atoms in total. The van der Waals surface area contributed by atoms with Crippen LogP contribution >= 0.6 is 0 Å². The van der Waals surface area contributed by atoms with E-state index in [0.29, 0.717) is 18.8 Å². The average Bonchev–Trinajstić information content (AvgIpc) is 3.11. The Kier molecular flexibility index (Phi) is 7.88. The van der Waals surface area contributed by atoms with Crippen LogP contribution in [-0.2, 0) is 9.47 Å². The number of nitrogens with one attached hydrogen (secondary N) is 5. The van der Waals surface area contributed by atoms with Gasteiger partial charge in [-0.15, -0.1) is 0 Å². The molecule has 3 aliphatic rings. The van der Waals surface area contributed by atoms with E-state index in [4.69, 9.17) is 9.47 Å². The third kappa shape index (κ3) is 6.41. The van der Waals surface area contributed by atoms with Crippen molar-refractivity contribution in [2.45, 2.75) is 89.1 Å². The largest absolute Gasteiger partial charge is 0.393 e. The van der Waals surface area contributed by atoms with Gasteiger partial charge >= 0.3 is 0 Å². The van der Waals surface area contributed by atoms with Crippen LogP contribution in [0.15, 0.2) is 0 Å². The Morgan fingerprint density at radius 2 is 1.88 bits per heavy atom. The minimum absolute atomic E-state index is 0.0223. The maximum Gasteiger partial charge on any atom is 0.167 e. The maximum absolute atomic E-state index is 9.66. The molecule has 1 saturated carbocycles. The maximum atomic E-state index is 9.66. The topological polar surface area (TPSA) is 98.8 Å². The summed E-state index contributed by atoms with van der Waals surface area (Å²) < 4.78 is 11.4. The molecule has 1 aliphatic carbocycles. The Hall–Kier alpha value is -0.320. The zero-order chi connectivity index (χ0) is 17.5. The standard InChI is InChI=1S/C17H35N5O3/c1-2-24-17-21-15(18-10-9-14-4-3-11-25-14)20-16(22-17)19-12-5-7-13(23)8-6-12/h12-23H,2-11H2,1H3. The van der Waals surface area contributed by atoms with Gasteiger partial charge in [-0.05, 0) is 51.9 Å². The zero-order valence-electron chi connectivity index (χ0n) is 15.3. The van der Waals surface area contributed by atoms with Gasteiger partial charge in [-0.2, -0.15) is 0 Å². The molecule has 0 aromatic heterocycles. The van der Waals surface area contributed by atoms with Gasteiger partial charge in [-0.25, -0.2) is 0 Å². The molecule has 4 atom stereocenters. The lowest BCUT2D eigenvalue weighted by molar-refractivity contribution is -0.0466. The molecule has 0 amide bonds. The number of aliphatic hydroxyl groups excluding tert-OH is 1. The van der Waals surface area contributed by atoms with Crippen molar-refractivity contribution < 1.29 is 14.6 Å². The van der Waals surface area contributed by atoms with Crippen molar-refractivity contribution in [3.63, 3.8) is 0 Å². The molecule has 8 heteroatoms. The molecule has 0 aromatic carbocycles. The molecule has 0 spiro atoms. The lowest BCUT2D eigenvalue weighted by Gasteiger charge is -2.41. The minimum Gasteiger partial charge on any atom is -0.393 e. The van der Waals surface area contributed by atoms with E-state index in [1.165, 1.54) is 12.8 Å². The van der Waals surface area contributed by atoms with Gasteiger partial charge in [0.15, 0.2) is 6.35 Å². The highest BCUT2D eigenvalue weighted by atomic mass is 16.5. The van der Waals surface area contributed by atoms with Gasteiger partial charge in [0.05, 0.1) is 12.2 Å². The van der Waals surface area contributed by atoms with E-state index < -0.39 is 0 Å². The van der Waals surface area contributed by atoms with Crippen LogP contribution in [0, 0.1) is 0 Å². The second-order valence-corrected chi connectivity index (χ2v) is 7.25. The number of ether oxygens (including phenoxy) is 2. The zero-order valence-corrected chi connectivity index (χ0v) is 15.3. The van der Waals surface area contributed by atoms with Crippen molar-refractivity contribution in [1.82, 2.24) is 26.6 Å². The van der Waals surface area contributed by atoms with Gasteiger partial charge in [-0.1, -0.05) is 0 Å². The van der Waals surface area contributed by atoms with Crippen molar-refractivity contribution in [2.75, 3.05) is 19.8 Å². The predicted molar refractivity (Wildman–Crippen MR) is 95.4 cm³/mol. The highest BCUT2D eigenvalue weighted by Gasteiger charge is 2.29. The summed E-state index contributed by atoms with van der Waals surface area (Å²) in [4.78, 5) is 0. The molecule has 2 saturated heterocycles. The first-order chi connectivity index (χ1) is 12.2. The lowest BCUT2D eigenvalue weighted by atomic mass is 9.93. The van der Waals surface area contributed by atoms with Crippen LogP contribution < -0.4 is 26.6 Å². The van der Waals surface area contributed by atoms with Crippen LogP contribution in [0.3, 0.4) is 0 Å². The van der Waals surface area contributed by atoms with E-state index in [1.807, 2.05) is 6.92 Å². The Labute approximate surface area is 150 Å². The van der Waals surface area contributed by atoms with Crippen LogP contribution in [0.25, 0.3) is 0 Å². The molecule has 0 bridgehead atoms. The molecular formula is C17H35N5O3. The molecule has 2 aliphatic heterocycles. The number of aliphatic hydroxyl groups is 1. The Morgan fingerprint density at radius 3 is 2.60 bits per heavy atom. The summed E-state index contributed by atoms with van der Waals surface area (Å²) in [7, 11) is 0. The van der Waals surface area contributed by atoms with Crippen LogP contribution in [0.5, 0.6) is 0 Å². The van der Waals surface area contributed by atoms with Crippen molar-refractivity contribution >= 4 is 0 Å². The van der Waals surface area contributed by atoms with E-state index in [-0.39, 0.29) is 25.0 Å². The Morgan fingerprint density at radius 1 is 1.08 bits per heavy atom. The highest BCUT2D eigenvalue weighted by Crippen LogP contribution is 2.18. The number of rotatable bonds is 8. The summed E-state index contributed by atoms with van der Waals surface area (Å²) >= 11 is 0. The van der Waals surface area contributed by atoms with E-state index >= 15 is 0 Å². The summed E-state index contributed by atoms with van der Waals surface area (Å²) in [5, 5.41) is 27.1. The summed E-state index contributed by atoms with van der Waals surface area (Å²) in [6.07, 6.45) is 7.18. The van der Waals surface area contributed by atoms with Crippen molar-refractivity contribution in [3.8, 4) is 0 Å². The Bertz CT molecular complexity index is 375. The fourth-order valence-electron chi connectivity index (χ4n) is 3.83. The highest BCUT2D eigenvalue weighted by molar-refractivity contribution is 4.83. The van der Waals surface area contributed by atoms with Gasteiger partial charge < -0.3 is 14.6 Å². The second kappa shape index (κ2) is 10.1. The normalized spacial score (nSPS) is 39.6. The Balaban J connectivity index is 1.43. The fourth-order valence-corrected chi connectivity index (χ4v) is 3.83. The first kappa shape index (κ1) is 19.4. The fraction of sp³-hybridized carbons (Fsp3) is 1.00. The van der Waals surface area contributed by atoms with Crippen LogP contribution in [0.2, 0.25) is 0 Å². The van der Waals surface area contributed by atoms with Crippen LogP contribution in [0.4, 0.5) is 0 Å². The monoisotopic (exact) mass is 357 g/mol. The summed E-state index contributed by atoms with van der Waals surface area (Å²) in [5.41, 5.74) is 0. The smallest absolute Gasteiger partial charge is 0.167 e. The predicted octanol–water partition coefficient (Wildman–Crippen LogP) is -0.292. The first-order valence-electron chi connectivity index (χ1n) is 9.92. The molecule has 4 unspecified atom stereocenters. The third-order valence-corrected chi connectivity index (χ3v) is 5.24. The molecule has 3 rings (SSSR count). The molecule has 0 aromatic rings. The van der Waals surface area contributed by atoms with Crippen LogP contribution in [0.1, 0.15) is 51.9 Å². The van der Waals surface area contributed by atoms with E-state index in [1.54, 1.807) is 0 Å². The first-order valence-corrected chi connectivity index (χ1v) is 9.92. The SMILES string of the molecule is CCOC1NC(NCCC2CCCO2)NC(NC2CCC(O)CC2)N1. The molecule has 146 valence electrons. The molecule has 2 heterocycles. The summed E-state index contributed by atoms with van der Waals surface area (Å²) in [6.45, 7) is 4.45. The number of hydrogen-bond acceptors (Lipinski definition) is 8. The number of hydrogen-bond donors (Lipinski definition) is 6. The molecule has 3 fully saturated rings. The van der Waals surface area contributed by atoms with Crippen LogP contribution in [-0.4, -0.2) is 62.0 Å². The molecule has 6 N–H and O–H groups in total. The minimum atomic E-state index is -0.196. The lowest BCUT2D eigenvalue weighted by Crippen LogP contribution is -2.75. The van der Waals surface area contributed by atoms with Gasteiger partial charge in [0, 0.05) is 25.8 Å². The van der Waals surface area contributed by atoms with Gasteiger partial charge in [0.25, 0.3) is 0 Å².